The van der Waals surface area contributed by atoms with Crippen molar-refractivity contribution in [3.05, 3.63) is 51.5 Å². The number of carbonyl (C=O) groups excluding carboxylic acids is 1. The number of benzene rings is 1. The van der Waals surface area contributed by atoms with Crippen molar-refractivity contribution in [2.24, 2.45) is 5.73 Å². The van der Waals surface area contributed by atoms with Gasteiger partial charge in [-0.1, -0.05) is 18.2 Å². The number of rotatable bonds is 7. The largest absolute Gasteiger partial charge is 0.375 e. The van der Waals surface area contributed by atoms with Crippen LogP contribution in [0.3, 0.4) is 0 Å². The molecule has 0 saturated heterocycles. The summed E-state index contributed by atoms with van der Waals surface area (Å²) in [5.41, 5.74) is 8.20. The first-order valence-corrected chi connectivity index (χ1v) is 8.45. The number of nitrogens with two attached hydrogens (primary N) is 1. The van der Waals surface area contributed by atoms with E-state index in [1.807, 2.05) is 36.6 Å². The minimum absolute atomic E-state index is 0.0108. The number of hydrogen-bond donors (Lipinski definition) is 1. The number of thiazole rings is 1. The SMILES string of the molecule is COC(C)c1nc(CN(C)C(=O)c2ccccc2CCN)cs1. The average molecular weight is 333 g/mol. The van der Waals surface area contributed by atoms with Gasteiger partial charge in [-0.05, 0) is 31.5 Å². The van der Waals surface area contributed by atoms with Gasteiger partial charge in [0.1, 0.15) is 11.1 Å². The predicted molar refractivity (Wildman–Crippen MR) is 92.5 cm³/mol. The van der Waals surface area contributed by atoms with Gasteiger partial charge < -0.3 is 15.4 Å². The van der Waals surface area contributed by atoms with Crippen LogP contribution in [0.1, 0.15) is 39.7 Å². The Labute approximate surface area is 141 Å². The van der Waals surface area contributed by atoms with Gasteiger partial charge >= 0.3 is 0 Å². The molecule has 1 aromatic carbocycles. The molecule has 1 atom stereocenters. The summed E-state index contributed by atoms with van der Waals surface area (Å²) in [6.45, 7) is 2.96. The molecule has 0 aliphatic carbocycles. The number of aromatic nitrogens is 1. The molecular weight excluding hydrogens is 310 g/mol. The van der Waals surface area contributed by atoms with Crippen LogP contribution in [0.25, 0.3) is 0 Å². The van der Waals surface area contributed by atoms with Crippen LogP contribution in [0.2, 0.25) is 0 Å². The number of amides is 1. The van der Waals surface area contributed by atoms with Crippen LogP contribution in [0, 0.1) is 0 Å². The van der Waals surface area contributed by atoms with Gasteiger partial charge in [0.15, 0.2) is 0 Å². The van der Waals surface area contributed by atoms with Crippen LogP contribution in [0.5, 0.6) is 0 Å². The Hall–Kier alpha value is -1.76. The van der Waals surface area contributed by atoms with Crippen molar-refractivity contribution in [1.82, 2.24) is 9.88 Å². The van der Waals surface area contributed by atoms with E-state index in [4.69, 9.17) is 10.5 Å². The van der Waals surface area contributed by atoms with Gasteiger partial charge in [-0.25, -0.2) is 4.98 Å². The van der Waals surface area contributed by atoms with Gasteiger partial charge in [-0.2, -0.15) is 0 Å². The van der Waals surface area contributed by atoms with E-state index >= 15 is 0 Å². The van der Waals surface area contributed by atoms with E-state index in [1.165, 1.54) is 0 Å². The molecule has 0 spiro atoms. The van der Waals surface area contributed by atoms with Gasteiger partial charge in [0.05, 0.1) is 12.2 Å². The Morgan fingerprint density at radius 1 is 1.43 bits per heavy atom. The van der Waals surface area contributed by atoms with Gasteiger partial charge in [0.2, 0.25) is 0 Å². The van der Waals surface area contributed by atoms with Crippen molar-refractivity contribution in [3.8, 4) is 0 Å². The van der Waals surface area contributed by atoms with Crippen LogP contribution in [-0.4, -0.2) is 36.5 Å². The Kier molecular flexibility index (Phi) is 6.27. The lowest BCUT2D eigenvalue weighted by Gasteiger charge is -2.18. The molecule has 2 rings (SSSR count). The fraction of sp³-hybridized carbons (Fsp3) is 0.412. The fourth-order valence-electron chi connectivity index (χ4n) is 2.31. The molecule has 2 aromatic rings. The molecular formula is C17H23N3O2S. The second-order valence-corrected chi connectivity index (χ2v) is 6.30. The highest BCUT2D eigenvalue weighted by Gasteiger charge is 2.17. The molecule has 0 fully saturated rings. The molecule has 1 amide bonds. The van der Waals surface area contributed by atoms with Gasteiger partial charge in [0.25, 0.3) is 5.91 Å². The van der Waals surface area contributed by atoms with Crippen molar-refractivity contribution in [2.45, 2.75) is 26.0 Å². The molecule has 2 N–H and O–H groups in total. The highest BCUT2D eigenvalue weighted by molar-refractivity contribution is 7.09. The lowest BCUT2D eigenvalue weighted by Crippen LogP contribution is -2.27. The average Bonchev–Trinajstić information content (AvgIpc) is 3.02. The van der Waals surface area contributed by atoms with Crippen molar-refractivity contribution in [3.63, 3.8) is 0 Å². The second-order valence-electron chi connectivity index (χ2n) is 5.41. The number of ether oxygens (including phenoxy) is 1. The molecule has 0 radical (unpaired) electrons. The van der Waals surface area contributed by atoms with E-state index in [0.29, 0.717) is 25.1 Å². The summed E-state index contributed by atoms with van der Waals surface area (Å²) >= 11 is 1.55. The van der Waals surface area contributed by atoms with Gasteiger partial charge in [-0.3, -0.25) is 4.79 Å². The smallest absolute Gasteiger partial charge is 0.254 e. The third kappa shape index (κ3) is 4.37. The summed E-state index contributed by atoms with van der Waals surface area (Å²) in [5, 5.41) is 2.90. The Balaban J connectivity index is 2.10. The lowest BCUT2D eigenvalue weighted by molar-refractivity contribution is 0.0782. The van der Waals surface area contributed by atoms with E-state index in [0.717, 1.165) is 16.3 Å². The molecule has 124 valence electrons. The zero-order valence-electron chi connectivity index (χ0n) is 13.8. The van der Waals surface area contributed by atoms with Crippen LogP contribution < -0.4 is 5.73 Å². The normalized spacial score (nSPS) is 12.2. The number of carbonyl (C=O) groups is 1. The summed E-state index contributed by atoms with van der Waals surface area (Å²) in [4.78, 5) is 18.9. The summed E-state index contributed by atoms with van der Waals surface area (Å²) in [6, 6.07) is 7.61. The van der Waals surface area contributed by atoms with Crippen LogP contribution in [0.4, 0.5) is 0 Å². The molecule has 1 unspecified atom stereocenters. The zero-order chi connectivity index (χ0) is 16.8. The molecule has 0 bridgehead atoms. The Morgan fingerprint density at radius 2 is 2.17 bits per heavy atom. The number of nitrogens with zero attached hydrogens (tertiary/aromatic N) is 2. The molecule has 23 heavy (non-hydrogen) atoms. The van der Waals surface area contributed by atoms with Gasteiger partial charge in [-0.15, -0.1) is 11.3 Å². The highest BCUT2D eigenvalue weighted by atomic mass is 32.1. The summed E-state index contributed by atoms with van der Waals surface area (Å²) in [6.07, 6.45) is 0.669. The molecule has 0 aliphatic heterocycles. The third-order valence-electron chi connectivity index (χ3n) is 3.68. The minimum atomic E-state index is -0.0277. The topological polar surface area (TPSA) is 68.5 Å². The summed E-state index contributed by atoms with van der Waals surface area (Å²) < 4.78 is 5.27. The maximum Gasteiger partial charge on any atom is 0.254 e. The maximum absolute atomic E-state index is 12.7. The molecule has 5 nitrogen and oxygen atoms in total. The van der Waals surface area contributed by atoms with E-state index in [2.05, 4.69) is 4.98 Å². The van der Waals surface area contributed by atoms with E-state index in [9.17, 15) is 4.79 Å². The first-order chi connectivity index (χ1) is 11.1. The monoisotopic (exact) mass is 333 g/mol. The van der Waals surface area contributed by atoms with Crippen LogP contribution in [-0.2, 0) is 17.7 Å². The predicted octanol–water partition coefficient (Wildman–Crippen LogP) is 2.62. The fourth-order valence-corrected chi connectivity index (χ4v) is 3.15. The molecule has 1 heterocycles. The van der Waals surface area contributed by atoms with E-state index < -0.39 is 0 Å². The van der Waals surface area contributed by atoms with Crippen LogP contribution >= 0.6 is 11.3 Å². The van der Waals surface area contributed by atoms with Crippen molar-refractivity contribution in [2.75, 3.05) is 20.7 Å². The first kappa shape index (κ1) is 17.6. The standard InChI is InChI=1S/C17H23N3O2S/c1-12(22-3)16-19-14(11-23-16)10-20(2)17(21)15-7-5-4-6-13(15)8-9-18/h4-7,11-12H,8-10,18H2,1-3H3. The third-order valence-corrected chi connectivity index (χ3v) is 4.73. The highest BCUT2D eigenvalue weighted by Crippen LogP contribution is 2.21. The summed E-state index contributed by atoms with van der Waals surface area (Å²) in [7, 11) is 3.45. The molecule has 1 aromatic heterocycles. The zero-order valence-corrected chi connectivity index (χ0v) is 14.6. The molecule has 0 saturated carbocycles. The number of hydrogen-bond acceptors (Lipinski definition) is 5. The Bertz CT molecular complexity index is 657. The van der Waals surface area contributed by atoms with Crippen LogP contribution in [0.15, 0.2) is 29.6 Å². The second kappa shape index (κ2) is 8.19. The molecule has 0 aliphatic rings. The minimum Gasteiger partial charge on any atom is -0.375 e. The van der Waals surface area contributed by atoms with E-state index in [1.54, 1.807) is 30.4 Å². The number of methoxy groups -OCH3 is 1. The van der Waals surface area contributed by atoms with Crippen molar-refractivity contribution >= 4 is 17.2 Å². The van der Waals surface area contributed by atoms with Crippen molar-refractivity contribution < 1.29 is 9.53 Å². The molecule has 6 heteroatoms. The van der Waals surface area contributed by atoms with Crippen molar-refractivity contribution in [1.29, 1.82) is 0 Å². The maximum atomic E-state index is 12.7. The summed E-state index contributed by atoms with van der Waals surface area (Å²) in [5.74, 6) is -0.0108. The Morgan fingerprint density at radius 3 is 2.87 bits per heavy atom. The van der Waals surface area contributed by atoms with E-state index in [-0.39, 0.29) is 12.0 Å². The first-order valence-electron chi connectivity index (χ1n) is 7.57. The quantitative estimate of drug-likeness (QED) is 0.846. The van der Waals surface area contributed by atoms with Gasteiger partial charge in [0, 0.05) is 25.1 Å². The lowest BCUT2D eigenvalue weighted by atomic mass is 10.0.